The van der Waals surface area contributed by atoms with Crippen molar-refractivity contribution in [2.24, 2.45) is 0 Å². The van der Waals surface area contributed by atoms with Crippen molar-refractivity contribution in [1.82, 2.24) is 10.2 Å². The minimum atomic E-state index is -0.437. The van der Waals surface area contributed by atoms with Crippen molar-refractivity contribution >= 4 is 11.6 Å². The van der Waals surface area contributed by atoms with E-state index in [-0.39, 0.29) is 24.7 Å². The Morgan fingerprint density at radius 2 is 2.28 bits per heavy atom. The Labute approximate surface area is 103 Å². The Bertz CT molecular complexity index is 514. The molecule has 0 aliphatic heterocycles. The fourth-order valence-electron chi connectivity index (χ4n) is 1.36. The second kappa shape index (κ2) is 5.81. The van der Waals surface area contributed by atoms with Crippen LogP contribution in [0.4, 0.5) is 10.1 Å². The molecule has 5 nitrogen and oxygen atoms in total. The van der Waals surface area contributed by atoms with E-state index >= 15 is 0 Å². The summed E-state index contributed by atoms with van der Waals surface area (Å²) in [6.45, 7) is 0.116. The van der Waals surface area contributed by atoms with E-state index in [0.717, 1.165) is 0 Å². The zero-order chi connectivity index (χ0) is 12.8. The van der Waals surface area contributed by atoms with Crippen molar-refractivity contribution in [3.63, 3.8) is 0 Å². The normalized spacial score (nSPS) is 10.1. The van der Waals surface area contributed by atoms with Gasteiger partial charge in [-0.3, -0.25) is 9.89 Å². The van der Waals surface area contributed by atoms with Crippen molar-refractivity contribution < 1.29 is 13.9 Å². The standard InChI is InChI=1S/C12H12FN3O2/c13-10-3-1-2-4-11(10)18-6-5-12(17)16-9-7-14-15-8-9/h1-4,7-8H,5-6H2,(H,14,15)(H,16,17). The number of anilines is 1. The van der Waals surface area contributed by atoms with E-state index in [2.05, 4.69) is 15.5 Å². The maximum atomic E-state index is 13.2. The van der Waals surface area contributed by atoms with Gasteiger partial charge in [-0.15, -0.1) is 0 Å². The van der Waals surface area contributed by atoms with Crippen LogP contribution in [0.3, 0.4) is 0 Å². The van der Waals surface area contributed by atoms with Gasteiger partial charge in [0.15, 0.2) is 11.6 Å². The number of nitrogens with zero attached hydrogens (tertiary/aromatic N) is 1. The zero-order valence-corrected chi connectivity index (χ0v) is 9.52. The third kappa shape index (κ3) is 3.31. The number of benzene rings is 1. The second-order valence-corrected chi connectivity index (χ2v) is 3.56. The van der Waals surface area contributed by atoms with E-state index < -0.39 is 5.82 Å². The highest BCUT2D eigenvalue weighted by Crippen LogP contribution is 2.15. The van der Waals surface area contributed by atoms with Crippen LogP contribution in [-0.2, 0) is 4.79 Å². The van der Waals surface area contributed by atoms with E-state index in [1.54, 1.807) is 18.3 Å². The first-order valence-corrected chi connectivity index (χ1v) is 5.41. The van der Waals surface area contributed by atoms with Crippen LogP contribution in [0.15, 0.2) is 36.7 Å². The number of rotatable bonds is 5. The molecule has 2 aromatic rings. The molecule has 0 aliphatic rings. The van der Waals surface area contributed by atoms with Gasteiger partial charge in [0, 0.05) is 6.20 Å². The van der Waals surface area contributed by atoms with Gasteiger partial charge in [0.05, 0.1) is 24.9 Å². The number of H-pyrrole nitrogens is 1. The maximum absolute atomic E-state index is 13.2. The molecule has 2 rings (SSSR count). The van der Waals surface area contributed by atoms with Crippen LogP contribution in [-0.4, -0.2) is 22.7 Å². The van der Waals surface area contributed by atoms with E-state index in [1.807, 2.05) is 0 Å². The third-order valence-corrected chi connectivity index (χ3v) is 2.21. The van der Waals surface area contributed by atoms with Crippen molar-refractivity contribution in [2.45, 2.75) is 6.42 Å². The Balaban J connectivity index is 1.75. The molecule has 0 fully saturated rings. The summed E-state index contributed by atoms with van der Waals surface area (Å²) in [6.07, 6.45) is 3.20. The molecule has 1 aromatic carbocycles. The number of aromatic amines is 1. The monoisotopic (exact) mass is 249 g/mol. The Morgan fingerprint density at radius 3 is 3.00 bits per heavy atom. The van der Waals surface area contributed by atoms with Crippen molar-refractivity contribution in [1.29, 1.82) is 0 Å². The van der Waals surface area contributed by atoms with Crippen LogP contribution < -0.4 is 10.1 Å². The lowest BCUT2D eigenvalue weighted by molar-refractivity contribution is -0.116. The molecule has 94 valence electrons. The van der Waals surface area contributed by atoms with Gasteiger partial charge in [0.1, 0.15) is 0 Å². The highest BCUT2D eigenvalue weighted by atomic mass is 19.1. The quantitative estimate of drug-likeness (QED) is 0.851. The van der Waals surface area contributed by atoms with Crippen LogP contribution in [0.25, 0.3) is 0 Å². The van der Waals surface area contributed by atoms with E-state index in [0.29, 0.717) is 5.69 Å². The van der Waals surface area contributed by atoms with Crippen LogP contribution in [0.2, 0.25) is 0 Å². The maximum Gasteiger partial charge on any atom is 0.227 e. The molecule has 0 aliphatic carbocycles. The van der Waals surface area contributed by atoms with Gasteiger partial charge in [0.2, 0.25) is 5.91 Å². The van der Waals surface area contributed by atoms with Crippen molar-refractivity contribution in [2.75, 3.05) is 11.9 Å². The van der Waals surface area contributed by atoms with Gasteiger partial charge in [-0.05, 0) is 12.1 Å². The van der Waals surface area contributed by atoms with Gasteiger partial charge in [-0.25, -0.2) is 4.39 Å². The molecular formula is C12H12FN3O2. The summed E-state index contributed by atoms with van der Waals surface area (Å²) in [6, 6.07) is 6.07. The minimum Gasteiger partial charge on any atom is -0.490 e. The van der Waals surface area contributed by atoms with Gasteiger partial charge < -0.3 is 10.1 Å². The number of amides is 1. The lowest BCUT2D eigenvalue weighted by atomic mass is 10.3. The first-order valence-electron chi connectivity index (χ1n) is 5.41. The fourth-order valence-corrected chi connectivity index (χ4v) is 1.36. The lowest BCUT2D eigenvalue weighted by Gasteiger charge is -2.06. The zero-order valence-electron chi connectivity index (χ0n) is 9.52. The van der Waals surface area contributed by atoms with Crippen molar-refractivity contribution in [3.8, 4) is 5.75 Å². The number of nitrogens with one attached hydrogen (secondary N) is 2. The topological polar surface area (TPSA) is 67.0 Å². The molecule has 1 amide bonds. The molecule has 0 bridgehead atoms. The van der Waals surface area contributed by atoms with Gasteiger partial charge in [-0.1, -0.05) is 12.1 Å². The van der Waals surface area contributed by atoms with Crippen LogP contribution in [0, 0.1) is 5.82 Å². The van der Waals surface area contributed by atoms with Crippen molar-refractivity contribution in [3.05, 3.63) is 42.5 Å². The van der Waals surface area contributed by atoms with Crippen LogP contribution >= 0.6 is 0 Å². The molecule has 6 heteroatoms. The highest BCUT2D eigenvalue weighted by Gasteiger charge is 2.05. The smallest absolute Gasteiger partial charge is 0.227 e. The molecule has 2 N–H and O–H groups in total. The minimum absolute atomic E-state index is 0.116. The Morgan fingerprint density at radius 1 is 1.44 bits per heavy atom. The lowest BCUT2D eigenvalue weighted by Crippen LogP contribution is -2.15. The van der Waals surface area contributed by atoms with E-state index in [9.17, 15) is 9.18 Å². The predicted molar refractivity (Wildman–Crippen MR) is 63.7 cm³/mol. The van der Waals surface area contributed by atoms with Gasteiger partial charge in [0.25, 0.3) is 0 Å². The molecule has 0 radical (unpaired) electrons. The molecule has 18 heavy (non-hydrogen) atoms. The summed E-state index contributed by atoms with van der Waals surface area (Å²) in [4.78, 5) is 11.5. The average Bonchev–Trinajstić information content (AvgIpc) is 2.84. The number of ether oxygens (including phenoxy) is 1. The van der Waals surface area contributed by atoms with E-state index in [1.165, 1.54) is 18.3 Å². The van der Waals surface area contributed by atoms with Gasteiger partial charge >= 0.3 is 0 Å². The molecule has 1 heterocycles. The number of para-hydroxylation sites is 1. The van der Waals surface area contributed by atoms with Crippen LogP contribution in [0.5, 0.6) is 5.75 Å². The summed E-state index contributed by atoms with van der Waals surface area (Å²) in [5.74, 6) is -0.505. The average molecular weight is 249 g/mol. The number of carbonyl (C=O) groups is 1. The van der Waals surface area contributed by atoms with Crippen LogP contribution in [0.1, 0.15) is 6.42 Å². The Kier molecular flexibility index (Phi) is 3.90. The third-order valence-electron chi connectivity index (χ3n) is 2.21. The summed E-state index contributed by atoms with van der Waals surface area (Å²) >= 11 is 0. The number of aromatic nitrogens is 2. The summed E-state index contributed by atoms with van der Waals surface area (Å²) < 4.78 is 18.3. The molecule has 0 atom stereocenters. The first kappa shape index (κ1) is 12.1. The molecule has 1 aromatic heterocycles. The SMILES string of the molecule is O=C(CCOc1ccccc1F)Nc1cn[nH]c1. The van der Waals surface area contributed by atoms with E-state index in [4.69, 9.17) is 4.74 Å². The first-order chi connectivity index (χ1) is 8.75. The Hall–Kier alpha value is -2.37. The number of halogens is 1. The number of carbonyl (C=O) groups excluding carboxylic acids is 1. The predicted octanol–water partition coefficient (Wildman–Crippen LogP) is 1.96. The number of hydrogen-bond donors (Lipinski definition) is 2. The highest BCUT2D eigenvalue weighted by molar-refractivity contribution is 5.90. The van der Waals surface area contributed by atoms with Gasteiger partial charge in [-0.2, -0.15) is 5.10 Å². The largest absolute Gasteiger partial charge is 0.490 e. The molecular weight excluding hydrogens is 237 g/mol. The molecule has 0 saturated carbocycles. The second-order valence-electron chi connectivity index (χ2n) is 3.56. The fraction of sp³-hybridized carbons (Fsp3) is 0.167. The summed E-state index contributed by atoms with van der Waals surface area (Å²) in [5, 5.41) is 8.89. The summed E-state index contributed by atoms with van der Waals surface area (Å²) in [5.41, 5.74) is 0.589. The molecule has 0 saturated heterocycles. The number of hydrogen-bond acceptors (Lipinski definition) is 3. The summed E-state index contributed by atoms with van der Waals surface area (Å²) in [7, 11) is 0. The molecule has 0 unspecified atom stereocenters. The molecule has 0 spiro atoms.